The number of nitrogens with zero attached hydrogens (tertiary/aromatic N) is 3. The van der Waals surface area contributed by atoms with E-state index < -0.39 is 0 Å². The van der Waals surface area contributed by atoms with Crippen LogP contribution in [0.5, 0.6) is 0 Å². The Kier molecular flexibility index (Phi) is 4.12. The number of thiophene rings is 1. The summed E-state index contributed by atoms with van der Waals surface area (Å²) in [7, 11) is 0. The van der Waals surface area contributed by atoms with Crippen LogP contribution in [0.1, 0.15) is 26.4 Å². The highest BCUT2D eigenvalue weighted by Crippen LogP contribution is 2.25. The Morgan fingerprint density at radius 2 is 2.17 bits per heavy atom. The molecule has 0 saturated heterocycles. The van der Waals surface area contributed by atoms with Gasteiger partial charge in [-0.05, 0) is 35.1 Å². The second-order valence-corrected chi connectivity index (χ2v) is 7.27. The molecule has 122 valence electrons. The van der Waals surface area contributed by atoms with Gasteiger partial charge in [-0.2, -0.15) is 5.10 Å². The van der Waals surface area contributed by atoms with Gasteiger partial charge < -0.3 is 4.90 Å². The topological polar surface area (TPSA) is 38.1 Å². The molecule has 4 nitrogen and oxygen atoms in total. The second-order valence-electron chi connectivity index (χ2n) is 5.86. The lowest BCUT2D eigenvalue weighted by Crippen LogP contribution is -2.35. The molecule has 0 N–H and O–H groups in total. The summed E-state index contributed by atoms with van der Waals surface area (Å²) < 4.78 is 1.76. The molecule has 1 aromatic carbocycles. The van der Waals surface area contributed by atoms with Gasteiger partial charge >= 0.3 is 0 Å². The molecular formula is C18H16ClN3OS. The van der Waals surface area contributed by atoms with Crippen LogP contribution in [0.15, 0.2) is 48.1 Å². The predicted octanol–water partition coefficient (Wildman–Crippen LogP) is 3.84. The highest BCUT2D eigenvalue weighted by molar-refractivity contribution is 7.10. The van der Waals surface area contributed by atoms with Gasteiger partial charge in [0.2, 0.25) is 0 Å². The number of rotatable bonds is 3. The maximum Gasteiger partial charge on any atom is 0.257 e. The summed E-state index contributed by atoms with van der Waals surface area (Å²) in [5, 5.41) is 7.12. The van der Waals surface area contributed by atoms with E-state index in [4.69, 9.17) is 11.6 Å². The van der Waals surface area contributed by atoms with E-state index in [1.165, 1.54) is 10.4 Å². The Labute approximate surface area is 149 Å². The van der Waals surface area contributed by atoms with Gasteiger partial charge in [-0.1, -0.05) is 29.8 Å². The number of carbonyl (C=O) groups is 1. The maximum atomic E-state index is 12.7. The van der Waals surface area contributed by atoms with Gasteiger partial charge in [-0.3, -0.25) is 9.48 Å². The number of fused-ring (bicyclic) bond motifs is 1. The quantitative estimate of drug-likeness (QED) is 0.714. The molecule has 0 spiro atoms. The lowest BCUT2D eigenvalue weighted by molar-refractivity contribution is 0.0736. The normalized spacial score (nSPS) is 13.8. The molecule has 0 fully saturated rings. The summed E-state index contributed by atoms with van der Waals surface area (Å²) in [4.78, 5) is 16.0. The molecule has 1 amide bonds. The van der Waals surface area contributed by atoms with E-state index in [1.54, 1.807) is 28.4 Å². The Morgan fingerprint density at radius 3 is 3.04 bits per heavy atom. The molecule has 6 heteroatoms. The van der Waals surface area contributed by atoms with Gasteiger partial charge in [0.25, 0.3) is 5.91 Å². The Balaban J connectivity index is 1.49. The van der Waals surface area contributed by atoms with E-state index in [-0.39, 0.29) is 5.91 Å². The van der Waals surface area contributed by atoms with Crippen LogP contribution in [0.25, 0.3) is 0 Å². The molecule has 0 bridgehead atoms. The number of hydrogen-bond donors (Lipinski definition) is 0. The SMILES string of the molecule is O=C(c1cnn(Cc2ccccc2Cl)c1)N1CCc2sccc2C1. The van der Waals surface area contributed by atoms with Crippen LogP contribution in [-0.2, 0) is 19.5 Å². The molecule has 2 aromatic heterocycles. The highest BCUT2D eigenvalue weighted by atomic mass is 35.5. The molecule has 4 rings (SSSR count). The highest BCUT2D eigenvalue weighted by Gasteiger charge is 2.23. The van der Waals surface area contributed by atoms with Crippen molar-refractivity contribution in [3.05, 3.63) is 74.7 Å². The van der Waals surface area contributed by atoms with E-state index in [9.17, 15) is 4.79 Å². The minimum Gasteiger partial charge on any atom is -0.334 e. The molecule has 3 aromatic rings. The van der Waals surface area contributed by atoms with E-state index >= 15 is 0 Å². The molecule has 1 aliphatic rings. The summed E-state index contributed by atoms with van der Waals surface area (Å²) in [6.45, 7) is 2.01. The monoisotopic (exact) mass is 357 g/mol. The third-order valence-electron chi connectivity index (χ3n) is 4.27. The van der Waals surface area contributed by atoms with Crippen LogP contribution in [0.2, 0.25) is 5.02 Å². The van der Waals surface area contributed by atoms with Crippen molar-refractivity contribution in [1.29, 1.82) is 0 Å². The van der Waals surface area contributed by atoms with E-state index in [1.807, 2.05) is 29.2 Å². The van der Waals surface area contributed by atoms with Crippen molar-refractivity contribution in [2.24, 2.45) is 0 Å². The first kappa shape index (κ1) is 15.4. The van der Waals surface area contributed by atoms with Gasteiger partial charge in [-0.15, -0.1) is 11.3 Å². The first-order chi connectivity index (χ1) is 11.7. The van der Waals surface area contributed by atoms with Crippen molar-refractivity contribution >= 4 is 28.8 Å². The maximum absolute atomic E-state index is 12.7. The molecule has 1 aliphatic heterocycles. The fourth-order valence-corrected chi connectivity index (χ4v) is 4.05. The minimum atomic E-state index is 0.0391. The van der Waals surface area contributed by atoms with E-state index in [0.29, 0.717) is 23.7 Å². The van der Waals surface area contributed by atoms with Crippen molar-refractivity contribution in [2.45, 2.75) is 19.5 Å². The standard InChI is InChI=1S/C18H16ClN3OS/c19-16-4-2-1-3-13(16)11-22-12-15(9-20-22)18(23)21-7-5-17-14(10-21)6-8-24-17/h1-4,6,8-9,12H,5,7,10-11H2. The van der Waals surface area contributed by atoms with Crippen LogP contribution in [0.3, 0.4) is 0 Å². The van der Waals surface area contributed by atoms with Crippen molar-refractivity contribution < 1.29 is 4.79 Å². The van der Waals surface area contributed by atoms with Gasteiger partial charge in [0.05, 0.1) is 18.3 Å². The fourth-order valence-electron chi connectivity index (χ4n) is 2.97. The number of aromatic nitrogens is 2. The fraction of sp³-hybridized carbons (Fsp3) is 0.222. The van der Waals surface area contributed by atoms with Crippen LogP contribution >= 0.6 is 22.9 Å². The number of halogens is 1. The average molecular weight is 358 g/mol. The van der Waals surface area contributed by atoms with E-state index in [0.717, 1.165) is 18.5 Å². The Morgan fingerprint density at radius 1 is 1.29 bits per heavy atom. The van der Waals surface area contributed by atoms with Gasteiger partial charge in [-0.25, -0.2) is 0 Å². The molecule has 0 unspecified atom stereocenters. The Bertz CT molecular complexity index is 886. The van der Waals surface area contributed by atoms with Crippen molar-refractivity contribution in [2.75, 3.05) is 6.54 Å². The van der Waals surface area contributed by atoms with Crippen LogP contribution in [0.4, 0.5) is 0 Å². The summed E-state index contributed by atoms with van der Waals surface area (Å²) in [6.07, 6.45) is 4.38. The summed E-state index contributed by atoms with van der Waals surface area (Å²) in [5.74, 6) is 0.0391. The molecule has 0 atom stereocenters. The zero-order chi connectivity index (χ0) is 16.5. The first-order valence-corrected chi connectivity index (χ1v) is 9.07. The molecule has 0 radical (unpaired) electrons. The zero-order valence-corrected chi connectivity index (χ0v) is 14.6. The molecule has 3 heterocycles. The third kappa shape index (κ3) is 2.97. The molecule has 24 heavy (non-hydrogen) atoms. The first-order valence-electron chi connectivity index (χ1n) is 7.81. The van der Waals surface area contributed by atoms with Gasteiger partial charge in [0.1, 0.15) is 0 Å². The third-order valence-corrected chi connectivity index (χ3v) is 5.66. The lowest BCUT2D eigenvalue weighted by atomic mass is 10.1. The Hall–Kier alpha value is -2.11. The number of carbonyl (C=O) groups excluding carboxylic acids is 1. The summed E-state index contributed by atoms with van der Waals surface area (Å²) in [6, 6.07) is 9.79. The zero-order valence-electron chi connectivity index (χ0n) is 13.0. The van der Waals surface area contributed by atoms with Crippen molar-refractivity contribution in [3.8, 4) is 0 Å². The number of benzene rings is 1. The van der Waals surface area contributed by atoms with Crippen molar-refractivity contribution in [3.63, 3.8) is 0 Å². The van der Waals surface area contributed by atoms with Crippen molar-refractivity contribution in [1.82, 2.24) is 14.7 Å². The number of hydrogen-bond acceptors (Lipinski definition) is 3. The van der Waals surface area contributed by atoms with Gasteiger partial charge in [0, 0.05) is 29.2 Å². The van der Waals surface area contributed by atoms with Crippen LogP contribution in [-0.4, -0.2) is 27.1 Å². The second kappa shape index (κ2) is 6.42. The van der Waals surface area contributed by atoms with Gasteiger partial charge in [0.15, 0.2) is 0 Å². The molecule has 0 aliphatic carbocycles. The molecule has 0 saturated carbocycles. The number of amides is 1. The minimum absolute atomic E-state index is 0.0391. The largest absolute Gasteiger partial charge is 0.334 e. The average Bonchev–Trinajstić information content (AvgIpc) is 3.24. The smallest absolute Gasteiger partial charge is 0.257 e. The lowest BCUT2D eigenvalue weighted by Gasteiger charge is -2.26. The summed E-state index contributed by atoms with van der Waals surface area (Å²) >= 11 is 7.96. The predicted molar refractivity (Wildman–Crippen MR) is 95.5 cm³/mol. The summed E-state index contributed by atoms with van der Waals surface area (Å²) in [5.41, 5.74) is 2.88. The van der Waals surface area contributed by atoms with Crippen LogP contribution < -0.4 is 0 Å². The van der Waals surface area contributed by atoms with E-state index in [2.05, 4.69) is 16.5 Å². The molecular weight excluding hydrogens is 342 g/mol. The van der Waals surface area contributed by atoms with Crippen LogP contribution in [0, 0.1) is 0 Å².